The van der Waals surface area contributed by atoms with Crippen LogP contribution in [0.4, 0.5) is 0 Å². The van der Waals surface area contributed by atoms with Gasteiger partial charge in [-0.15, -0.1) is 0 Å². The van der Waals surface area contributed by atoms with Crippen LogP contribution in [-0.4, -0.2) is 50.5 Å². The van der Waals surface area contributed by atoms with E-state index < -0.39 is 0 Å². The number of rotatable bonds is 4. The van der Waals surface area contributed by atoms with Gasteiger partial charge in [-0.25, -0.2) is 0 Å². The summed E-state index contributed by atoms with van der Waals surface area (Å²) < 4.78 is 0. The molecule has 16 heavy (non-hydrogen) atoms. The minimum Gasteiger partial charge on any atom is -0.349 e. The van der Waals surface area contributed by atoms with Gasteiger partial charge in [0.25, 0.3) is 0 Å². The molecule has 0 heterocycles. The van der Waals surface area contributed by atoms with Crippen molar-refractivity contribution in [3.05, 3.63) is 0 Å². The molecule has 3 nitrogen and oxygen atoms in total. The van der Waals surface area contributed by atoms with Crippen LogP contribution >= 0.6 is 0 Å². The van der Waals surface area contributed by atoms with Gasteiger partial charge in [-0.05, 0) is 30.6 Å². The van der Waals surface area contributed by atoms with Gasteiger partial charge in [0.1, 0.15) is 0 Å². The molecule has 0 aromatic rings. The van der Waals surface area contributed by atoms with Crippen molar-refractivity contribution in [2.45, 2.75) is 33.1 Å². The Kier molecular flexibility index (Phi) is 4.22. The molecule has 1 rings (SSSR count). The van der Waals surface area contributed by atoms with Crippen LogP contribution in [0.25, 0.3) is 0 Å². The molecule has 0 unspecified atom stereocenters. The summed E-state index contributed by atoms with van der Waals surface area (Å²) in [6.07, 6.45) is 4.04. The average molecular weight is 225 g/mol. The lowest BCUT2D eigenvalue weighted by Gasteiger charge is -2.25. The molecule has 0 atom stereocenters. The van der Waals surface area contributed by atoms with Crippen LogP contribution in [-0.2, 0) is 0 Å². The minimum absolute atomic E-state index is 0.479. The first-order valence-corrected chi connectivity index (χ1v) is 6.23. The third-order valence-electron chi connectivity index (χ3n) is 3.49. The van der Waals surface area contributed by atoms with E-state index in [0.29, 0.717) is 5.41 Å². The lowest BCUT2D eigenvalue weighted by molar-refractivity contribution is 0.288. The first-order valence-electron chi connectivity index (χ1n) is 6.23. The predicted octanol–water partition coefficient (Wildman–Crippen LogP) is 2.29. The van der Waals surface area contributed by atoms with Crippen molar-refractivity contribution in [2.24, 2.45) is 16.3 Å². The van der Waals surface area contributed by atoms with E-state index in [1.165, 1.54) is 19.3 Å². The van der Waals surface area contributed by atoms with Gasteiger partial charge in [0.15, 0.2) is 5.96 Å². The Morgan fingerprint density at radius 2 is 1.62 bits per heavy atom. The average Bonchev–Trinajstić information content (AvgIpc) is 2.93. The van der Waals surface area contributed by atoms with Crippen molar-refractivity contribution < 1.29 is 0 Å². The molecule has 0 saturated heterocycles. The Morgan fingerprint density at radius 3 is 2.00 bits per heavy atom. The third kappa shape index (κ3) is 3.69. The van der Waals surface area contributed by atoms with Gasteiger partial charge < -0.3 is 9.80 Å². The van der Waals surface area contributed by atoms with Crippen LogP contribution in [0.15, 0.2) is 4.99 Å². The van der Waals surface area contributed by atoms with Crippen molar-refractivity contribution in [3.8, 4) is 0 Å². The van der Waals surface area contributed by atoms with Crippen LogP contribution in [0.3, 0.4) is 0 Å². The smallest absolute Gasteiger partial charge is 0.195 e. The number of nitrogens with zero attached hydrogens (tertiary/aromatic N) is 3. The molecule has 0 bridgehead atoms. The number of hydrogen-bond acceptors (Lipinski definition) is 1. The molecule has 1 aliphatic rings. The van der Waals surface area contributed by atoms with E-state index in [0.717, 1.165) is 18.4 Å². The maximum absolute atomic E-state index is 4.69. The highest BCUT2D eigenvalue weighted by Crippen LogP contribution is 2.47. The summed E-state index contributed by atoms with van der Waals surface area (Å²) in [6.45, 7) is 5.70. The summed E-state index contributed by atoms with van der Waals surface area (Å²) in [7, 11) is 8.19. The number of hydrogen-bond donors (Lipinski definition) is 0. The van der Waals surface area contributed by atoms with E-state index in [4.69, 9.17) is 0 Å². The molecule has 1 fully saturated rings. The fraction of sp³-hybridized carbons (Fsp3) is 0.923. The largest absolute Gasteiger partial charge is 0.349 e. The van der Waals surface area contributed by atoms with Gasteiger partial charge in [0.2, 0.25) is 0 Å². The van der Waals surface area contributed by atoms with Crippen LogP contribution in [0, 0.1) is 11.3 Å². The number of aliphatic imine (C=N–C) groups is 1. The van der Waals surface area contributed by atoms with Gasteiger partial charge >= 0.3 is 0 Å². The van der Waals surface area contributed by atoms with Crippen LogP contribution in [0.1, 0.15) is 33.1 Å². The van der Waals surface area contributed by atoms with Crippen LogP contribution in [0.2, 0.25) is 0 Å². The highest BCUT2D eigenvalue weighted by molar-refractivity contribution is 5.79. The summed E-state index contributed by atoms with van der Waals surface area (Å²) in [5.74, 6) is 2.01. The molecule has 0 aliphatic heterocycles. The van der Waals surface area contributed by atoms with E-state index in [2.05, 4.69) is 28.6 Å². The van der Waals surface area contributed by atoms with Crippen molar-refractivity contribution >= 4 is 5.96 Å². The Balaban J connectivity index is 2.44. The fourth-order valence-electron chi connectivity index (χ4n) is 2.20. The van der Waals surface area contributed by atoms with Crippen LogP contribution < -0.4 is 0 Å². The highest BCUT2D eigenvalue weighted by atomic mass is 15.3. The second-order valence-corrected chi connectivity index (χ2v) is 5.98. The van der Waals surface area contributed by atoms with Gasteiger partial charge in [-0.3, -0.25) is 4.99 Å². The monoisotopic (exact) mass is 225 g/mol. The van der Waals surface area contributed by atoms with E-state index in [9.17, 15) is 0 Å². The maximum Gasteiger partial charge on any atom is 0.195 e. The zero-order valence-electron chi connectivity index (χ0n) is 11.7. The Hall–Kier alpha value is -0.730. The molecule has 0 radical (unpaired) electrons. The Morgan fingerprint density at radius 1 is 1.12 bits per heavy atom. The third-order valence-corrected chi connectivity index (χ3v) is 3.49. The van der Waals surface area contributed by atoms with Gasteiger partial charge in [-0.2, -0.15) is 0 Å². The van der Waals surface area contributed by atoms with E-state index >= 15 is 0 Å². The topological polar surface area (TPSA) is 18.8 Å². The molecule has 94 valence electrons. The van der Waals surface area contributed by atoms with E-state index in [1.807, 2.05) is 28.2 Å². The number of guanidine groups is 1. The summed E-state index contributed by atoms with van der Waals surface area (Å²) in [5.41, 5.74) is 0.479. The Labute approximate surface area is 101 Å². The maximum atomic E-state index is 4.69. The molecule has 1 saturated carbocycles. The molecule has 0 amide bonds. The molecule has 0 aromatic heterocycles. The molecular formula is C13H27N3. The van der Waals surface area contributed by atoms with Crippen molar-refractivity contribution in [1.82, 2.24) is 9.80 Å². The lowest BCUT2D eigenvalue weighted by atomic mass is 9.84. The second kappa shape index (κ2) is 5.07. The van der Waals surface area contributed by atoms with Gasteiger partial charge in [0.05, 0.1) is 0 Å². The van der Waals surface area contributed by atoms with Crippen LogP contribution in [0.5, 0.6) is 0 Å². The van der Waals surface area contributed by atoms with E-state index in [1.54, 1.807) is 0 Å². The summed E-state index contributed by atoms with van der Waals surface area (Å²) in [4.78, 5) is 8.83. The first kappa shape index (κ1) is 13.3. The second-order valence-electron chi connectivity index (χ2n) is 5.98. The zero-order valence-corrected chi connectivity index (χ0v) is 11.7. The molecule has 1 aliphatic carbocycles. The fourth-order valence-corrected chi connectivity index (χ4v) is 2.20. The highest BCUT2D eigenvalue weighted by Gasteiger charge is 2.36. The first-order chi connectivity index (χ1) is 7.34. The Bertz CT molecular complexity index is 240. The normalized spacial score (nSPS) is 15.9. The lowest BCUT2D eigenvalue weighted by Crippen LogP contribution is -2.35. The molecule has 0 spiro atoms. The quantitative estimate of drug-likeness (QED) is 0.540. The standard InChI is InChI=1S/C13H27N3/c1-13(2,11-7-8-11)9-10-14-12(15(3)4)16(5)6/h11H,7-10H2,1-6H3. The van der Waals surface area contributed by atoms with E-state index in [-0.39, 0.29) is 0 Å². The van der Waals surface area contributed by atoms with Crippen molar-refractivity contribution in [2.75, 3.05) is 34.7 Å². The SMILES string of the molecule is CN(C)C(=NCCC(C)(C)C1CC1)N(C)C. The molecule has 3 heteroatoms. The van der Waals surface area contributed by atoms with Gasteiger partial charge in [-0.1, -0.05) is 13.8 Å². The van der Waals surface area contributed by atoms with Crippen molar-refractivity contribution in [1.29, 1.82) is 0 Å². The summed E-state index contributed by atoms with van der Waals surface area (Å²) in [6, 6.07) is 0. The molecule has 0 aromatic carbocycles. The van der Waals surface area contributed by atoms with Crippen molar-refractivity contribution in [3.63, 3.8) is 0 Å². The molecular weight excluding hydrogens is 198 g/mol. The minimum atomic E-state index is 0.479. The summed E-state index contributed by atoms with van der Waals surface area (Å²) in [5, 5.41) is 0. The van der Waals surface area contributed by atoms with Gasteiger partial charge in [0, 0.05) is 34.7 Å². The zero-order chi connectivity index (χ0) is 12.3. The summed E-state index contributed by atoms with van der Waals surface area (Å²) >= 11 is 0. The predicted molar refractivity (Wildman–Crippen MR) is 70.8 cm³/mol. The molecule has 0 N–H and O–H groups in total.